The molecule has 0 aliphatic heterocycles. The van der Waals surface area contributed by atoms with Crippen molar-refractivity contribution in [3.63, 3.8) is 0 Å². The maximum atomic E-state index is 2.51. The molecule has 0 heterocycles. The van der Waals surface area contributed by atoms with Crippen molar-refractivity contribution in [1.29, 1.82) is 0 Å². The Morgan fingerprint density at radius 1 is 0.344 bits per heavy atom. The molecular weight excluding hydrogens is 735 g/mol. The second-order valence-corrected chi connectivity index (χ2v) is 17.1. The van der Waals surface area contributed by atoms with Crippen LogP contribution >= 0.6 is 0 Å². The van der Waals surface area contributed by atoms with E-state index < -0.39 is 5.41 Å². The summed E-state index contributed by atoms with van der Waals surface area (Å²) in [5, 5.41) is 5.04. The van der Waals surface area contributed by atoms with E-state index in [0.29, 0.717) is 0 Å². The van der Waals surface area contributed by atoms with Crippen molar-refractivity contribution in [2.75, 3.05) is 4.90 Å². The molecule has 61 heavy (non-hydrogen) atoms. The van der Waals surface area contributed by atoms with E-state index in [1.165, 1.54) is 88.3 Å². The van der Waals surface area contributed by atoms with Crippen LogP contribution in [0.2, 0.25) is 0 Å². The Hall–Kier alpha value is -7.48. The van der Waals surface area contributed by atoms with Crippen molar-refractivity contribution >= 4 is 38.6 Å². The average Bonchev–Trinajstić information content (AvgIpc) is 3.76. The molecule has 1 nitrogen and oxygen atoms in total. The molecule has 10 aromatic rings. The number of hydrogen-bond acceptors (Lipinski definition) is 1. The van der Waals surface area contributed by atoms with E-state index in [1.54, 1.807) is 0 Å². The van der Waals surface area contributed by atoms with E-state index >= 15 is 0 Å². The van der Waals surface area contributed by atoms with Crippen LogP contribution in [-0.2, 0) is 10.8 Å². The van der Waals surface area contributed by atoms with Crippen LogP contribution in [0.5, 0.6) is 0 Å². The molecule has 0 atom stereocenters. The maximum Gasteiger partial charge on any atom is 0.0714 e. The van der Waals surface area contributed by atoms with E-state index in [9.17, 15) is 0 Å². The van der Waals surface area contributed by atoms with Crippen molar-refractivity contribution in [1.82, 2.24) is 0 Å². The van der Waals surface area contributed by atoms with Gasteiger partial charge in [-0.3, -0.25) is 0 Å². The number of anilines is 3. The predicted molar refractivity (Wildman–Crippen MR) is 256 cm³/mol. The minimum absolute atomic E-state index is 0.139. The lowest BCUT2D eigenvalue weighted by molar-refractivity contribution is 0.666. The Morgan fingerprint density at radius 2 is 0.885 bits per heavy atom. The van der Waals surface area contributed by atoms with Crippen LogP contribution in [0.25, 0.3) is 54.9 Å². The maximum absolute atomic E-state index is 2.51. The second kappa shape index (κ2) is 13.5. The van der Waals surface area contributed by atoms with Crippen LogP contribution in [0.4, 0.5) is 17.1 Å². The van der Waals surface area contributed by atoms with Gasteiger partial charge in [0.05, 0.1) is 16.8 Å². The van der Waals surface area contributed by atoms with Gasteiger partial charge in [-0.15, -0.1) is 0 Å². The van der Waals surface area contributed by atoms with Gasteiger partial charge in [0, 0.05) is 22.1 Å². The highest BCUT2D eigenvalue weighted by molar-refractivity contribution is 6.13. The number of para-hydroxylation sites is 1. The lowest BCUT2D eigenvalue weighted by atomic mass is 9.68. The lowest BCUT2D eigenvalue weighted by Gasteiger charge is -2.34. The molecule has 0 amide bonds. The average molecular weight is 778 g/mol. The van der Waals surface area contributed by atoms with Crippen LogP contribution in [0.15, 0.2) is 224 Å². The SMILES string of the molecule is CC1(C)c2ccccc2-c2c(-c3ccc(N(c4ccccc4)c4cccc5c4-c4ccccc4C5(c4ccccc4)c4ccccc4)c4ccccc34)cc3ccccc3c21. The Bertz CT molecular complexity index is 3290. The largest absolute Gasteiger partial charge is 0.309 e. The summed E-state index contributed by atoms with van der Waals surface area (Å²) in [7, 11) is 0. The Balaban J connectivity index is 1.15. The Kier molecular flexibility index (Phi) is 7.86. The minimum Gasteiger partial charge on any atom is -0.309 e. The summed E-state index contributed by atoms with van der Waals surface area (Å²) in [6.45, 7) is 4.79. The summed E-state index contributed by atoms with van der Waals surface area (Å²) >= 11 is 0. The molecule has 288 valence electrons. The molecule has 1 heteroatoms. The van der Waals surface area contributed by atoms with Crippen molar-refractivity contribution in [3.05, 3.63) is 258 Å². The molecule has 0 saturated carbocycles. The standard InChI is InChI=1S/C60H43N/c1-59(2)51-33-18-16-31-48(51)56-50(39-40-21-12-13-28-44(40)58(56)59)46-37-38-54(47-30-15-14-29-45(46)47)61(43-26-10-5-11-27-43)55-36-20-35-53-57(55)49-32-17-19-34-52(49)60(53,41-22-6-3-7-23-41)42-24-8-4-9-25-42/h3-39H,1-2H3. The summed E-state index contributed by atoms with van der Waals surface area (Å²) in [6, 6.07) is 83.4. The molecule has 10 aromatic carbocycles. The first-order valence-electron chi connectivity index (χ1n) is 21.4. The molecule has 0 saturated heterocycles. The van der Waals surface area contributed by atoms with Gasteiger partial charge in [0.2, 0.25) is 0 Å². The normalized spacial score (nSPS) is 14.0. The Labute approximate surface area is 357 Å². The fourth-order valence-corrected chi connectivity index (χ4v) is 11.2. The summed E-state index contributed by atoms with van der Waals surface area (Å²) in [6.07, 6.45) is 0. The van der Waals surface area contributed by atoms with Gasteiger partial charge >= 0.3 is 0 Å². The third-order valence-corrected chi connectivity index (χ3v) is 13.7. The van der Waals surface area contributed by atoms with Crippen molar-refractivity contribution in [2.45, 2.75) is 24.7 Å². The molecule has 0 fully saturated rings. The van der Waals surface area contributed by atoms with Crippen LogP contribution in [0.1, 0.15) is 47.2 Å². The number of fused-ring (bicyclic) bond motifs is 9. The third kappa shape index (κ3) is 5.01. The monoisotopic (exact) mass is 777 g/mol. The lowest BCUT2D eigenvalue weighted by Crippen LogP contribution is -2.28. The zero-order valence-corrected chi connectivity index (χ0v) is 34.3. The third-order valence-electron chi connectivity index (χ3n) is 13.7. The predicted octanol–water partition coefficient (Wildman–Crippen LogP) is 15.8. The molecule has 12 rings (SSSR count). The smallest absolute Gasteiger partial charge is 0.0714 e. The van der Waals surface area contributed by atoms with Crippen LogP contribution in [-0.4, -0.2) is 0 Å². The van der Waals surface area contributed by atoms with Crippen molar-refractivity contribution in [2.24, 2.45) is 0 Å². The van der Waals surface area contributed by atoms with E-state index in [1.807, 2.05) is 0 Å². The highest BCUT2D eigenvalue weighted by Crippen LogP contribution is 2.60. The van der Waals surface area contributed by atoms with Gasteiger partial charge in [-0.05, 0) is 108 Å². The van der Waals surface area contributed by atoms with E-state index in [4.69, 9.17) is 0 Å². The second-order valence-electron chi connectivity index (χ2n) is 17.1. The first-order chi connectivity index (χ1) is 30.1. The zero-order valence-electron chi connectivity index (χ0n) is 34.3. The zero-order chi connectivity index (χ0) is 40.7. The van der Waals surface area contributed by atoms with Gasteiger partial charge in [-0.25, -0.2) is 0 Å². The summed E-state index contributed by atoms with van der Waals surface area (Å²) < 4.78 is 0. The molecule has 0 unspecified atom stereocenters. The van der Waals surface area contributed by atoms with Crippen LogP contribution in [0, 0.1) is 0 Å². The molecular formula is C60H43N. The fraction of sp³-hybridized carbons (Fsp3) is 0.0667. The molecule has 0 spiro atoms. The highest BCUT2D eigenvalue weighted by atomic mass is 15.1. The van der Waals surface area contributed by atoms with Gasteiger partial charge in [-0.2, -0.15) is 0 Å². The quantitative estimate of drug-likeness (QED) is 0.163. The van der Waals surface area contributed by atoms with E-state index in [-0.39, 0.29) is 5.41 Å². The summed E-state index contributed by atoms with van der Waals surface area (Å²) in [5.41, 5.74) is 18.4. The summed E-state index contributed by atoms with van der Waals surface area (Å²) in [4.78, 5) is 2.51. The molecule has 2 aliphatic carbocycles. The van der Waals surface area contributed by atoms with Gasteiger partial charge in [-0.1, -0.05) is 208 Å². The first-order valence-corrected chi connectivity index (χ1v) is 21.4. The topological polar surface area (TPSA) is 3.24 Å². The minimum atomic E-state index is -0.501. The van der Waals surface area contributed by atoms with Crippen molar-refractivity contribution in [3.8, 4) is 33.4 Å². The van der Waals surface area contributed by atoms with Crippen LogP contribution < -0.4 is 4.90 Å². The summed E-state index contributed by atoms with van der Waals surface area (Å²) in [5.74, 6) is 0. The molecule has 0 radical (unpaired) electrons. The fourth-order valence-electron chi connectivity index (χ4n) is 11.2. The highest BCUT2D eigenvalue weighted by Gasteiger charge is 2.47. The van der Waals surface area contributed by atoms with E-state index in [2.05, 4.69) is 243 Å². The van der Waals surface area contributed by atoms with Gasteiger partial charge in [0.25, 0.3) is 0 Å². The van der Waals surface area contributed by atoms with Crippen LogP contribution in [0.3, 0.4) is 0 Å². The number of benzene rings is 10. The van der Waals surface area contributed by atoms with Gasteiger partial charge < -0.3 is 4.90 Å². The van der Waals surface area contributed by atoms with Gasteiger partial charge in [0.1, 0.15) is 0 Å². The van der Waals surface area contributed by atoms with Gasteiger partial charge in [0.15, 0.2) is 0 Å². The number of rotatable bonds is 6. The number of hydrogen-bond donors (Lipinski definition) is 0. The Morgan fingerprint density at radius 3 is 1.59 bits per heavy atom. The first kappa shape index (κ1) is 35.5. The molecule has 0 N–H and O–H groups in total. The molecule has 0 bridgehead atoms. The van der Waals surface area contributed by atoms with Crippen molar-refractivity contribution < 1.29 is 0 Å². The number of nitrogens with zero attached hydrogens (tertiary/aromatic N) is 1. The van der Waals surface area contributed by atoms with E-state index in [0.717, 1.165) is 17.1 Å². The molecule has 0 aromatic heterocycles. The molecule has 2 aliphatic rings.